The van der Waals surface area contributed by atoms with E-state index in [0.717, 1.165) is 19.4 Å². The molecule has 0 spiro atoms. The number of para-hydroxylation sites is 1. The standard InChI is InChI=1S/C16H21NO3/c18-14-9-3-7-12(15(14)19)16(20)17-10-4-8-13(17)11-5-1-2-6-11/h3,7,9,11,13,18-19H,1-2,4-6,8,10H2. The second kappa shape index (κ2) is 5.35. The number of hydrogen-bond acceptors (Lipinski definition) is 3. The zero-order chi connectivity index (χ0) is 14.1. The van der Waals surface area contributed by atoms with Crippen LogP contribution in [0.1, 0.15) is 48.9 Å². The number of carbonyl (C=O) groups is 1. The average Bonchev–Trinajstić information content (AvgIpc) is 3.10. The van der Waals surface area contributed by atoms with Crippen LogP contribution in [0.5, 0.6) is 11.5 Å². The van der Waals surface area contributed by atoms with Crippen molar-refractivity contribution in [1.29, 1.82) is 0 Å². The van der Waals surface area contributed by atoms with Crippen LogP contribution in [0.3, 0.4) is 0 Å². The molecule has 1 saturated carbocycles. The summed E-state index contributed by atoms with van der Waals surface area (Å²) in [7, 11) is 0. The molecule has 1 aliphatic heterocycles. The number of phenolic OH excluding ortho intramolecular Hbond substituents is 2. The van der Waals surface area contributed by atoms with Crippen LogP contribution >= 0.6 is 0 Å². The molecular weight excluding hydrogens is 254 g/mol. The minimum Gasteiger partial charge on any atom is -0.504 e. The minimum atomic E-state index is -0.297. The molecule has 2 fully saturated rings. The van der Waals surface area contributed by atoms with Gasteiger partial charge in [0.1, 0.15) is 0 Å². The van der Waals surface area contributed by atoms with E-state index in [2.05, 4.69) is 0 Å². The van der Waals surface area contributed by atoms with Crippen LogP contribution in [0.4, 0.5) is 0 Å². The van der Waals surface area contributed by atoms with Crippen LogP contribution in [0.15, 0.2) is 18.2 Å². The fourth-order valence-electron chi connectivity index (χ4n) is 3.74. The summed E-state index contributed by atoms with van der Waals surface area (Å²) in [4.78, 5) is 14.5. The molecule has 1 heterocycles. The minimum absolute atomic E-state index is 0.146. The first-order valence-corrected chi connectivity index (χ1v) is 7.50. The van der Waals surface area contributed by atoms with E-state index in [1.165, 1.54) is 31.7 Å². The van der Waals surface area contributed by atoms with Crippen molar-refractivity contribution in [3.63, 3.8) is 0 Å². The van der Waals surface area contributed by atoms with E-state index in [1.807, 2.05) is 4.90 Å². The van der Waals surface area contributed by atoms with Crippen molar-refractivity contribution in [2.75, 3.05) is 6.54 Å². The molecule has 3 rings (SSSR count). The molecular formula is C16H21NO3. The van der Waals surface area contributed by atoms with Crippen LogP contribution < -0.4 is 0 Å². The molecule has 2 aliphatic rings. The molecule has 0 radical (unpaired) electrons. The predicted molar refractivity (Wildman–Crippen MR) is 75.8 cm³/mol. The van der Waals surface area contributed by atoms with Gasteiger partial charge < -0.3 is 15.1 Å². The Labute approximate surface area is 119 Å². The van der Waals surface area contributed by atoms with Crippen molar-refractivity contribution in [2.24, 2.45) is 5.92 Å². The summed E-state index contributed by atoms with van der Waals surface area (Å²) < 4.78 is 0. The fraction of sp³-hybridized carbons (Fsp3) is 0.562. The number of phenols is 2. The number of rotatable bonds is 2. The van der Waals surface area contributed by atoms with Gasteiger partial charge in [-0.1, -0.05) is 18.9 Å². The molecule has 1 atom stereocenters. The maximum Gasteiger partial charge on any atom is 0.258 e. The number of likely N-dealkylation sites (tertiary alicyclic amines) is 1. The molecule has 20 heavy (non-hydrogen) atoms. The third-order valence-electron chi connectivity index (χ3n) is 4.75. The van der Waals surface area contributed by atoms with E-state index in [-0.39, 0.29) is 23.0 Å². The van der Waals surface area contributed by atoms with E-state index >= 15 is 0 Å². The predicted octanol–water partition coefficient (Wildman–Crippen LogP) is 2.89. The zero-order valence-corrected chi connectivity index (χ0v) is 11.6. The van der Waals surface area contributed by atoms with Gasteiger partial charge in [-0.05, 0) is 43.7 Å². The van der Waals surface area contributed by atoms with Gasteiger partial charge in [0.25, 0.3) is 5.91 Å². The topological polar surface area (TPSA) is 60.8 Å². The number of nitrogens with zero attached hydrogens (tertiary/aromatic N) is 1. The van der Waals surface area contributed by atoms with Gasteiger partial charge in [0, 0.05) is 12.6 Å². The maximum atomic E-state index is 12.6. The monoisotopic (exact) mass is 275 g/mol. The average molecular weight is 275 g/mol. The lowest BCUT2D eigenvalue weighted by Gasteiger charge is -2.29. The molecule has 4 heteroatoms. The van der Waals surface area contributed by atoms with Gasteiger partial charge in [-0.25, -0.2) is 0 Å². The van der Waals surface area contributed by atoms with Gasteiger partial charge in [0.05, 0.1) is 5.56 Å². The second-order valence-electron chi connectivity index (χ2n) is 5.93. The third kappa shape index (κ3) is 2.23. The SMILES string of the molecule is O=C(c1cccc(O)c1O)N1CCCC1C1CCCC1. The Kier molecular flexibility index (Phi) is 3.55. The highest BCUT2D eigenvalue weighted by atomic mass is 16.3. The Morgan fingerprint density at radius 1 is 1.10 bits per heavy atom. The first-order valence-electron chi connectivity index (χ1n) is 7.50. The number of benzene rings is 1. The molecule has 0 aromatic heterocycles. The fourth-order valence-corrected chi connectivity index (χ4v) is 3.74. The maximum absolute atomic E-state index is 12.6. The van der Waals surface area contributed by atoms with Crippen molar-refractivity contribution < 1.29 is 15.0 Å². The van der Waals surface area contributed by atoms with Crippen molar-refractivity contribution in [3.8, 4) is 11.5 Å². The Morgan fingerprint density at radius 3 is 2.60 bits per heavy atom. The van der Waals surface area contributed by atoms with Gasteiger partial charge in [-0.15, -0.1) is 0 Å². The number of hydrogen-bond donors (Lipinski definition) is 2. The summed E-state index contributed by atoms with van der Waals surface area (Å²) in [5.41, 5.74) is 0.217. The molecule has 4 nitrogen and oxygen atoms in total. The Bertz CT molecular complexity index is 508. The molecule has 1 unspecified atom stereocenters. The Morgan fingerprint density at radius 2 is 1.85 bits per heavy atom. The van der Waals surface area contributed by atoms with Crippen LogP contribution in [0, 0.1) is 5.92 Å². The molecule has 1 aliphatic carbocycles. The van der Waals surface area contributed by atoms with E-state index in [4.69, 9.17) is 0 Å². The van der Waals surface area contributed by atoms with E-state index in [0.29, 0.717) is 12.0 Å². The summed E-state index contributed by atoms with van der Waals surface area (Å²) in [6.07, 6.45) is 7.05. The number of aromatic hydroxyl groups is 2. The van der Waals surface area contributed by atoms with E-state index in [9.17, 15) is 15.0 Å². The summed E-state index contributed by atoms with van der Waals surface area (Å²) in [6.45, 7) is 0.759. The lowest BCUT2D eigenvalue weighted by molar-refractivity contribution is 0.0685. The van der Waals surface area contributed by atoms with Crippen LogP contribution in [-0.2, 0) is 0 Å². The first-order chi connectivity index (χ1) is 9.68. The summed E-state index contributed by atoms with van der Waals surface area (Å²) in [6, 6.07) is 4.89. The molecule has 1 aromatic carbocycles. The summed E-state index contributed by atoms with van der Waals surface area (Å²) >= 11 is 0. The highest BCUT2D eigenvalue weighted by Crippen LogP contribution is 2.37. The van der Waals surface area contributed by atoms with Crippen molar-refractivity contribution in [2.45, 2.75) is 44.6 Å². The van der Waals surface area contributed by atoms with Crippen LogP contribution in [-0.4, -0.2) is 33.6 Å². The molecule has 108 valence electrons. The van der Waals surface area contributed by atoms with Gasteiger partial charge in [0.2, 0.25) is 0 Å². The largest absolute Gasteiger partial charge is 0.504 e. The third-order valence-corrected chi connectivity index (χ3v) is 4.75. The van der Waals surface area contributed by atoms with E-state index < -0.39 is 0 Å². The quantitative estimate of drug-likeness (QED) is 0.816. The van der Waals surface area contributed by atoms with Gasteiger partial charge in [-0.3, -0.25) is 4.79 Å². The Balaban J connectivity index is 1.83. The van der Waals surface area contributed by atoms with Crippen LogP contribution in [0.2, 0.25) is 0 Å². The van der Waals surface area contributed by atoms with Crippen molar-refractivity contribution in [3.05, 3.63) is 23.8 Å². The number of amides is 1. The lowest BCUT2D eigenvalue weighted by atomic mass is 9.95. The lowest BCUT2D eigenvalue weighted by Crippen LogP contribution is -2.39. The molecule has 0 bridgehead atoms. The molecule has 1 saturated heterocycles. The second-order valence-corrected chi connectivity index (χ2v) is 5.93. The molecule has 1 amide bonds. The Hall–Kier alpha value is -1.71. The zero-order valence-electron chi connectivity index (χ0n) is 11.6. The van der Waals surface area contributed by atoms with Gasteiger partial charge in [0.15, 0.2) is 11.5 Å². The molecule has 1 aromatic rings. The van der Waals surface area contributed by atoms with Gasteiger partial charge >= 0.3 is 0 Å². The highest BCUT2D eigenvalue weighted by Gasteiger charge is 2.36. The normalized spacial score (nSPS) is 23.4. The molecule has 2 N–H and O–H groups in total. The van der Waals surface area contributed by atoms with Crippen molar-refractivity contribution in [1.82, 2.24) is 4.90 Å². The van der Waals surface area contributed by atoms with Crippen LogP contribution in [0.25, 0.3) is 0 Å². The van der Waals surface area contributed by atoms with Gasteiger partial charge in [-0.2, -0.15) is 0 Å². The first kappa shape index (κ1) is 13.3. The number of carbonyl (C=O) groups excluding carboxylic acids is 1. The summed E-state index contributed by atoms with van der Waals surface area (Å²) in [5, 5.41) is 19.4. The summed E-state index contributed by atoms with van der Waals surface area (Å²) in [5.74, 6) is -0.0595. The van der Waals surface area contributed by atoms with Crippen molar-refractivity contribution >= 4 is 5.91 Å². The smallest absolute Gasteiger partial charge is 0.258 e. The van der Waals surface area contributed by atoms with E-state index in [1.54, 1.807) is 12.1 Å². The highest BCUT2D eigenvalue weighted by molar-refractivity contribution is 5.98.